The summed E-state index contributed by atoms with van der Waals surface area (Å²) in [5.74, 6) is -0.115. The van der Waals surface area contributed by atoms with Gasteiger partial charge < -0.3 is 15.1 Å². The molecular formula is C23H20F3N5O3. The van der Waals surface area contributed by atoms with Crippen LogP contribution in [0, 0.1) is 10.1 Å². The molecule has 0 spiro atoms. The Morgan fingerprint density at radius 2 is 1.71 bits per heavy atom. The van der Waals surface area contributed by atoms with Gasteiger partial charge in [0, 0.05) is 55.9 Å². The van der Waals surface area contributed by atoms with Crippen molar-refractivity contribution < 1.29 is 22.9 Å². The minimum Gasteiger partial charge on any atom is -0.368 e. The molecule has 0 aliphatic carbocycles. The molecule has 1 amide bonds. The molecule has 0 unspecified atom stereocenters. The first-order valence-corrected chi connectivity index (χ1v) is 10.4. The second-order valence-corrected chi connectivity index (χ2v) is 7.66. The number of nitro benzene ring substituents is 1. The number of non-ortho nitro benzene ring substituents is 1. The lowest BCUT2D eigenvalue weighted by Crippen LogP contribution is -2.48. The van der Waals surface area contributed by atoms with Gasteiger partial charge in [-0.05, 0) is 42.5 Å². The highest BCUT2D eigenvalue weighted by Crippen LogP contribution is 2.31. The normalized spacial score (nSPS) is 14.1. The number of nitro groups is 1. The van der Waals surface area contributed by atoms with Crippen LogP contribution in [0.1, 0.15) is 15.9 Å². The number of anilines is 3. The van der Waals surface area contributed by atoms with E-state index in [2.05, 4.69) is 10.3 Å². The number of alkyl halides is 3. The van der Waals surface area contributed by atoms with E-state index in [9.17, 15) is 28.1 Å². The lowest BCUT2D eigenvalue weighted by Gasteiger charge is -2.36. The lowest BCUT2D eigenvalue weighted by atomic mass is 10.1. The highest BCUT2D eigenvalue weighted by molar-refractivity contribution is 5.99. The van der Waals surface area contributed by atoms with E-state index in [1.807, 2.05) is 4.90 Å². The topological polar surface area (TPSA) is 91.6 Å². The lowest BCUT2D eigenvalue weighted by molar-refractivity contribution is -0.384. The standard InChI is InChI=1S/C23H20F3N5O3/c24-23(25,26)16-3-1-4-17(15-16)28-21-20(5-2-10-27-21)22(32)30-13-11-29(12-14-30)18-6-8-19(9-7-18)31(33)34/h1-10,15H,11-14H2,(H,27,28). The first-order valence-electron chi connectivity index (χ1n) is 10.4. The van der Waals surface area contributed by atoms with Crippen molar-refractivity contribution in [3.63, 3.8) is 0 Å². The van der Waals surface area contributed by atoms with Crippen LogP contribution in [0.4, 0.5) is 36.1 Å². The molecule has 1 fully saturated rings. The van der Waals surface area contributed by atoms with E-state index < -0.39 is 16.7 Å². The van der Waals surface area contributed by atoms with Gasteiger partial charge in [-0.2, -0.15) is 13.2 Å². The zero-order chi connectivity index (χ0) is 24.3. The summed E-state index contributed by atoms with van der Waals surface area (Å²) < 4.78 is 39.1. The van der Waals surface area contributed by atoms with Gasteiger partial charge in [0.15, 0.2) is 0 Å². The molecule has 34 heavy (non-hydrogen) atoms. The van der Waals surface area contributed by atoms with Gasteiger partial charge in [-0.25, -0.2) is 4.98 Å². The fourth-order valence-electron chi connectivity index (χ4n) is 3.71. The molecule has 8 nitrogen and oxygen atoms in total. The van der Waals surface area contributed by atoms with Crippen LogP contribution < -0.4 is 10.2 Å². The molecule has 1 N–H and O–H groups in total. The van der Waals surface area contributed by atoms with Gasteiger partial charge in [-0.1, -0.05) is 6.07 Å². The van der Waals surface area contributed by atoms with Gasteiger partial charge in [-0.3, -0.25) is 14.9 Å². The number of nitrogens with zero attached hydrogens (tertiary/aromatic N) is 4. The SMILES string of the molecule is O=C(c1cccnc1Nc1cccc(C(F)(F)F)c1)N1CCN(c2ccc([N+](=O)[O-])cc2)CC1. The number of carbonyl (C=O) groups is 1. The number of aromatic nitrogens is 1. The molecule has 4 rings (SSSR count). The van der Waals surface area contributed by atoms with Gasteiger partial charge >= 0.3 is 6.18 Å². The van der Waals surface area contributed by atoms with Crippen LogP contribution in [-0.2, 0) is 6.18 Å². The van der Waals surface area contributed by atoms with Gasteiger partial charge in [0.1, 0.15) is 5.82 Å². The van der Waals surface area contributed by atoms with Crippen molar-refractivity contribution in [2.24, 2.45) is 0 Å². The predicted molar refractivity (Wildman–Crippen MR) is 120 cm³/mol. The summed E-state index contributed by atoms with van der Waals surface area (Å²) in [5, 5.41) is 13.7. The Balaban J connectivity index is 1.45. The minimum absolute atomic E-state index is 0.00920. The zero-order valence-electron chi connectivity index (χ0n) is 17.8. The molecule has 0 radical (unpaired) electrons. The molecule has 3 aromatic rings. The third-order valence-electron chi connectivity index (χ3n) is 5.48. The molecule has 1 aliphatic heterocycles. The van der Waals surface area contributed by atoms with Crippen molar-refractivity contribution in [3.8, 4) is 0 Å². The van der Waals surface area contributed by atoms with Crippen molar-refractivity contribution in [2.45, 2.75) is 6.18 Å². The second-order valence-electron chi connectivity index (χ2n) is 7.66. The molecular weight excluding hydrogens is 451 g/mol. The van der Waals surface area contributed by atoms with Gasteiger partial charge in [-0.15, -0.1) is 0 Å². The van der Waals surface area contributed by atoms with E-state index >= 15 is 0 Å². The summed E-state index contributed by atoms with van der Waals surface area (Å²) in [6, 6.07) is 14.1. The van der Waals surface area contributed by atoms with Crippen molar-refractivity contribution in [1.82, 2.24) is 9.88 Å². The first-order chi connectivity index (χ1) is 16.2. The van der Waals surface area contributed by atoms with Crippen LogP contribution in [0.5, 0.6) is 0 Å². The van der Waals surface area contributed by atoms with E-state index in [1.165, 1.54) is 30.5 Å². The highest BCUT2D eigenvalue weighted by Gasteiger charge is 2.30. The zero-order valence-corrected chi connectivity index (χ0v) is 17.8. The quantitative estimate of drug-likeness (QED) is 0.428. The average molecular weight is 471 g/mol. The van der Waals surface area contributed by atoms with E-state index in [1.54, 1.807) is 29.2 Å². The summed E-state index contributed by atoms with van der Waals surface area (Å²) in [5.41, 5.74) is 0.457. The van der Waals surface area contributed by atoms with Crippen molar-refractivity contribution >= 4 is 28.8 Å². The van der Waals surface area contributed by atoms with Crippen LogP contribution in [0.3, 0.4) is 0 Å². The molecule has 2 aromatic carbocycles. The Labute approximate surface area is 192 Å². The maximum absolute atomic E-state index is 13.2. The average Bonchev–Trinajstić information content (AvgIpc) is 2.84. The van der Waals surface area contributed by atoms with Crippen LogP contribution in [0.25, 0.3) is 0 Å². The van der Waals surface area contributed by atoms with Crippen molar-refractivity contribution in [1.29, 1.82) is 0 Å². The first kappa shape index (κ1) is 23.0. The molecule has 0 bridgehead atoms. The molecule has 176 valence electrons. The summed E-state index contributed by atoms with van der Waals surface area (Å²) in [4.78, 5) is 31.4. The molecule has 1 aliphatic rings. The molecule has 0 saturated carbocycles. The Kier molecular flexibility index (Phi) is 6.35. The van der Waals surface area contributed by atoms with Crippen LogP contribution in [0.15, 0.2) is 66.9 Å². The Morgan fingerprint density at radius 1 is 1.00 bits per heavy atom. The number of hydrogen-bond donors (Lipinski definition) is 1. The molecule has 11 heteroatoms. The van der Waals surface area contributed by atoms with E-state index in [4.69, 9.17) is 0 Å². The number of amides is 1. The van der Waals surface area contributed by atoms with Crippen molar-refractivity contribution in [3.05, 3.63) is 88.1 Å². The van der Waals surface area contributed by atoms with Gasteiger partial charge in [0.2, 0.25) is 0 Å². The number of rotatable bonds is 5. The number of hydrogen-bond acceptors (Lipinski definition) is 6. The number of pyridine rings is 1. The Morgan fingerprint density at radius 3 is 2.35 bits per heavy atom. The number of halogens is 3. The number of nitrogens with one attached hydrogen (secondary N) is 1. The van der Waals surface area contributed by atoms with Crippen molar-refractivity contribution in [2.75, 3.05) is 36.4 Å². The summed E-state index contributed by atoms with van der Waals surface area (Å²) in [7, 11) is 0. The molecule has 1 saturated heterocycles. The minimum atomic E-state index is -4.48. The van der Waals surface area contributed by atoms with Crippen LogP contribution in [0.2, 0.25) is 0 Å². The molecule has 2 heterocycles. The third kappa shape index (κ3) is 5.08. The predicted octanol–water partition coefficient (Wildman–Crippen LogP) is 4.71. The second kappa shape index (κ2) is 9.38. The Bertz CT molecular complexity index is 1190. The van der Waals surface area contributed by atoms with E-state index in [-0.39, 0.29) is 28.7 Å². The maximum Gasteiger partial charge on any atom is 0.416 e. The molecule has 0 atom stereocenters. The van der Waals surface area contributed by atoms with E-state index in [0.717, 1.165) is 17.8 Å². The fraction of sp³-hybridized carbons (Fsp3) is 0.217. The summed E-state index contributed by atoms with van der Waals surface area (Å²) in [6.07, 6.45) is -3.02. The number of benzene rings is 2. The third-order valence-corrected chi connectivity index (χ3v) is 5.48. The number of piperazine rings is 1. The monoisotopic (exact) mass is 471 g/mol. The Hall–Kier alpha value is -4.15. The summed E-state index contributed by atoms with van der Waals surface area (Å²) in [6.45, 7) is 1.88. The smallest absolute Gasteiger partial charge is 0.368 e. The van der Waals surface area contributed by atoms with Gasteiger partial charge in [0.05, 0.1) is 16.1 Å². The molecule has 1 aromatic heterocycles. The number of carbonyl (C=O) groups excluding carboxylic acids is 1. The van der Waals surface area contributed by atoms with Crippen LogP contribution in [-0.4, -0.2) is 46.9 Å². The highest BCUT2D eigenvalue weighted by atomic mass is 19.4. The largest absolute Gasteiger partial charge is 0.416 e. The fourth-order valence-corrected chi connectivity index (χ4v) is 3.71. The van der Waals surface area contributed by atoms with Crippen LogP contribution >= 0.6 is 0 Å². The van der Waals surface area contributed by atoms with E-state index in [0.29, 0.717) is 26.2 Å². The maximum atomic E-state index is 13.2. The summed E-state index contributed by atoms with van der Waals surface area (Å²) >= 11 is 0. The van der Waals surface area contributed by atoms with Gasteiger partial charge in [0.25, 0.3) is 11.6 Å².